The fourth-order valence-corrected chi connectivity index (χ4v) is 4.56. The van der Waals surface area contributed by atoms with Gasteiger partial charge in [0, 0.05) is 17.1 Å². The van der Waals surface area contributed by atoms with E-state index in [0.29, 0.717) is 15.6 Å². The van der Waals surface area contributed by atoms with Crippen molar-refractivity contribution in [2.75, 3.05) is 7.11 Å². The van der Waals surface area contributed by atoms with Crippen LogP contribution in [0.4, 0.5) is 5.69 Å². The number of hydrogen-bond donors (Lipinski definition) is 1. The third-order valence-corrected chi connectivity index (χ3v) is 6.59. The summed E-state index contributed by atoms with van der Waals surface area (Å²) in [5.41, 5.74) is 7.59. The van der Waals surface area contributed by atoms with Crippen molar-refractivity contribution in [1.82, 2.24) is 9.88 Å². The lowest BCUT2D eigenvalue weighted by Gasteiger charge is -2.10. The van der Waals surface area contributed by atoms with Crippen LogP contribution in [-0.4, -0.2) is 28.7 Å². The molecule has 7 heteroatoms. The van der Waals surface area contributed by atoms with E-state index in [4.69, 9.17) is 4.74 Å². The molecule has 1 aliphatic rings. The van der Waals surface area contributed by atoms with E-state index in [0.717, 1.165) is 33.9 Å². The molecule has 33 heavy (non-hydrogen) atoms. The minimum absolute atomic E-state index is 0.158. The van der Waals surface area contributed by atoms with E-state index in [9.17, 15) is 9.59 Å². The van der Waals surface area contributed by atoms with Gasteiger partial charge in [0.1, 0.15) is 0 Å². The number of nitrogens with one attached hydrogen (secondary N) is 1. The van der Waals surface area contributed by atoms with Gasteiger partial charge in [-0.15, -0.1) is 0 Å². The number of nitrogens with zero attached hydrogens (tertiary/aromatic N) is 2. The second-order valence-electron chi connectivity index (χ2n) is 7.95. The molecular formula is C26H25N3O3S. The lowest BCUT2D eigenvalue weighted by molar-refractivity contribution is -0.115. The molecule has 3 aromatic rings. The van der Waals surface area contributed by atoms with Gasteiger partial charge in [0.25, 0.3) is 5.91 Å². The predicted octanol–water partition coefficient (Wildman–Crippen LogP) is 5.39. The second kappa shape index (κ2) is 9.11. The normalized spacial score (nSPS) is 15.8. The van der Waals surface area contributed by atoms with Gasteiger partial charge in [0.2, 0.25) is 0 Å². The number of methoxy groups -OCH3 is 1. The smallest absolute Gasteiger partial charge is 0.337 e. The van der Waals surface area contributed by atoms with E-state index in [1.807, 2.05) is 63.2 Å². The highest BCUT2D eigenvalue weighted by molar-refractivity contribution is 8.18. The van der Waals surface area contributed by atoms with E-state index in [-0.39, 0.29) is 11.9 Å². The average Bonchev–Trinajstić information content (AvgIpc) is 3.28. The Hall–Kier alpha value is -3.58. The molecule has 1 amide bonds. The minimum atomic E-state index is -0.365. The molecule has 0 radical (unpaired) electrons. The zero-order chi connectivity index (χ0) is 23.7. The molecule has 0 saturated carbocycles. The van der Waals surface area contributed by atoms with Crippen molar-refractivity contribution in [3.05, 3.63) is 87.1 Å². The Morgan fingerprint density at radius 1 is 1.03 bits per heavy atom. The Morgan fingerprint density at radius 3 is 2.42 bits per heavy atom. The van der Waals surface area contributed by atoms with Crippen LogP contribution in [0.15, 0.2) is 58.4 Å². The first-order chi connectivity index (χ1) is 15.8. The highest BCUT2D eigenvalue weighted by Crippen LogP contribution is 2.31. The molecule has 0 spiro atoms. The number of amidine groups is 1. The van der Waals surface area contributed by atoms with Gasteiger partial charge in [-0.05, 0) is 105 Å². The number of rotatable bonds is 4. The Balaban J connectivity index is 1.61. The molecule has 1 fully saturated rings. The molecule has 0 aliphatic carbocycles. The maximum atomic E-state index is 12.6. The Labute approximate surface area is 197 Å². The number of carbonyl (C=O) groups excluding carboxylic acids is 2. The Bertz CT molecular complexity index is 1320. The number of amides is 1. The Kier molecular flexibility index (Phi) is 6.24. The van der Waals surface area contributed by atoms with Crippen LogP contribution < -0.4 is 5.32 Å². The summed E-state index contributed by atoms with van der Waals surface area (Å²) < 4.78 is 6.86. The summed E-state index contributed by atoms with van der Waals surface area (Å²) in [6, 6.07) is 15.3. The lowest BCUT2D eigenvalue weighted by atomic mass is 10.1. The summed E-state index contributed by atoms with van der Waals surface area (Å²) in [6.45, 7) is 8.12. The van der Waals surface area contributed by atoms with Gasteiger partial charge in [-0.3, -0.25) is 4.79 Å². The number of hydrogen-bond acceptors (Lipinski definition) is 5. The van der Waals surface area contributed by atoms with Gasteiger partial charge in [0.05, 0.1) is 23.3 Å². The summed E-state index contributed by atoms with van der Waals surface area (Å²) in [4.78, 5) is 29.5. The molecule has 1 aromatic heterocycles. The lowest BCUT2D eigenvalue weighted by Crippen LogP contribution is -2.19. The number of aliphatic imine (C=N–C) groups is 1. The molecule has 1 saturated heterocycles. The summed E-state index contributed by atoms with van der Waals surface area (Å²) in [5, 5.41) is 3.43. The first-order valence-electron chi connectivity index (χ1n) is 10.5. The van der Waals surface area contributed by atoms with Gasteiger partial charge in [-0.25, -0.2) is 9.79 Å². The Morgan fingerprint density at radius 2 is 1.76 bits per heavy atom. The zero-order valence-corrected chi connectivity index (χ0v) is 20.0. The SMILES string of the molecule is COC(=O)c1ccc(-n2c(C)cc(/C=C3/SC(=Nc4ccc(C)c(C)c4)NC3=O)c2C)cc1. The van der Waals surface area contributed by atoms with Crippen LogP contribution in [0.3, 0.4) is 0 Å². The van der Waals surface area contributed by atoms with Crippen LogP contribution in [0.1, 0.15) is 38.4 Å². The fraction of sp³-hybridized carbons (Fsp3) is 0.192. The van der Waals surface area contributed by atoms with Gasteiger partial charge < -0.3 is 14.6 Å². The molecule has 168 valence electrons. The topological polar surface area (TPSA) is 72.7 Å². The number of esters is 1. The van der Waals surface area contributed by atoms with Crippen molar-refractivity contribution >= 4 is 40.6 Å². The van der Waals surface area contributed by atoms with Crippen LogP contribution in [0.25, 0.3) is 11.8 Å². The van der Waals surface area contributed by atoms with Gasteiger partial charge >= 0.3 is 5.97 Å². The van der Waals surface area contributed by atoms with Crippen LogP contribution in [-0.2, 0) is 9.53 Å². The highest BCUT2D eigenvalue weighted by atomic mass is 32.2. The zero-order valence-electron chi connectivity index (χ0n) is 19.2. The highest BCUT2D eigenvalue weighted by Gasteiger charge is 2.24. The molecule has 0 bridgehead atoms. The molecular weight excluding hydrogens is 434 g/mol. The van der Waals surface area contributed by atoms with E-state index >= 15 is 0 Å². The molecule has 0 unspecified atom stereocenters. The molecule has 0 atom stereocenters. The number of aromatic nitrogens is 1. The standard InChI is InChI=1S/C26H25N3O3S/c1-15-6-9-21(12-16(15)2)27-26-28-24(30)23(33-26)14-20-13-17(3)29(18(20)4)22-10-7-19(8-11-22)25(31)32-5/h6-14H,1-5H3,(H,27,28,30)/b23-14+. The molecule has 1 aliphatic heterocycles. The van der Waals surface area contributed by atoms with Crippen molar-refractivity contribution < 1.29 is 14.3 Å². The van der Waals surface area contributed by atoms with Crippen LogP contribution in [0, 0.1) is 27.7 Å². The van der Waals surface area contributed by atoms with Crippen molar-refractivity contribution in [2.45, 2.75) is 27.7 Å². The maximum absolute atomic E-state index is 12.6. The molecule has 2 heterocycles. The van der Waals surface area contributed by atoms with Crippen LogP contribution in [0.5, 0.6) is 0 Å². The van der Waals surface area contributed by atoms with Crippen molar-refractivity contribution in [3.8, 4) is 5.69 Å². The summed E-state index contributed by atoms with van der Waals surface area (Å²) in [5.74, 6) is -0.523. The van der Waals surface area contributed by atoms with Crippen molar-refractivity contribution in [1.29, 1.82) is 0 Å². The number of benzene rings is 2. The second-order valence-corrected chi connectivity index (χ2v) is 8.98. The molecule has 1 N–H and O–H groups in total. The third-order valence-electron chi connectivity index (χ3n) is 5.68. The van der Waals surface area contributed by atoms with Gasteiger partial charge in [-0.2, -0.15) is 0 Å². The van der Waals surface area contributed by atoms with Crippen molar-refractivity contribution in [3.63, 3.8) is 0 Å². The van der Waals surface area contributed by atoms with Crippen LogP contribution in [0.2, 0.25) is 0 Å². The predicted molar refractivity (Wildman–Crippen MR) is 133 cm³/mol. The first kappa shape index (κ1) is 22.6. The number of carbonyl (C=O) groups is 2. The van der Waals surface area contributed by atoms with E-state index in [2.05, 4.69) is 21.8 Å². The number of aryl methyl sites for hydroxylation is 3. The minimum Gasteiger partial charge on any atom is -0.465 e. The maximum Gasteiger partial charge on any atom is 0.337 e. The molecule has 2 aromatic carbocycles. The van der Waals surface area contributed by atoms with E-state index in [1.165, 1.54) is 24.4 Å². The fourth-order valence-electron chi connectivity index (χ4n) is 3.73. The average molecular weight is 460 g/mol. The number of thioether (sulfide) groups is 1. The summed E-state index contributed by atoms with van der Waals surface area (Å²) in [7, 11) is 1.37. The van der Waals surface area contributed by atoms with Gasteiger partial charge in [-0.1, -0.05) is 6.07 Å². The first-order valence-corrected chi connectivity index (χ1v) is 11.3. The quantitative estimate of drug-likeness (QED) is 0.419. The van der Waals surface area contributed by atoms with Gasteiger partial charge in [0.15, 0.2) is 5.17 Å². The van der Waals surface area contributed by atoms with Crippen LogP contribution >= 0.6 is 11.8 Å². The van der Waals surface area contributed by atoms with Crippen molar-refractivity contribution in [2.24, 2.45) is 4.99 Å². The monoisotopic (exact) mass is 459 g/mol. The molecule has 4 rings (SSSR count). The third kappa shape index (κ3) is 4.64. The number of ether oxygens (including phenoxy) is 1. The summed E-state index contributed by atoms with van der Waals surface area (Å²) >= 11 is 1.34. The molecule has 6 nitrogen and oxygen atoms in total. The largest absolute Gasteiger partial charge is 0.465 e. The van der Waals surface area contributed by atoms with E-state index < -0.39 is 0 Å². The summed E-state index contributed by atoms with van der Waals surface area (Å²) in [6.07, 6.45) is 1.89. The van der Waals surface area contributed by atoms with E-state index in [1.54, 1.807) is 12.1 Å².